The Morgan fingerprint density at radius 1 is 1.16 bits per heavy atom. The van der Waals surface area contributed by atoms with Crippen molar-refractivity contribution in [3.8, 4) is 0 Å². The van der Waals surface area contributed by atoms with Crippen molar-refractivity contribution >= 4 is 5.95 Å². The van der Waals surface area contributed by atoms with Gasteiger partial charge in [0, 0.05) is 18.8 Å². The molecule has 0 spiro atoms. The molecule has 3 rings (SSSR count). The van der Waals surface area contributed by atoms with Crippen LogP contribution in [0.5, 0.6) is 0 Å². The largest absolute Gasteiger partial charge is 0.434 e. The third-order valence-corrected chi connectivity index (χ3v) is 4.28. The zero-order chi connectivity index (χ0) is 13.5. The van der Waals surface area contributed by atoms with Gasteiger partial charge in [-0.3, -0.25) is 0 Å². The van der Waals surface area contributed by atoms with Crippen LogP contribution in [0.3, 0.4) is 0 Å². The normalized spacial score (nSPS) is 24.9. The second-order valence-electron chi connectivity index (χ2n) is 5.58. The van der Waals surface area contributed by atoms with E-state index in [2.05, 4.69) is 10.3 Å². The molecule has 1 aliphatic heterocycles. The van der Waals surface area contributed by atoms with Crippen LogP contribution in [-0.4, -0.2) is 15.6 Å². The number of hydrogen-bond acceptors (Lipinski definition) is 2. The second-order valence-corrected chi connectivity index (χ2v) is 5.58. The number of anilines is 1. The Labute approximate surface area is 110 Å². The van der Waals surface area contributed by atoms with Gasteiger partial charge in [0.1, 0.15) is 0 Å². The lowest BCUT2D eigenvalue weighted by Gasteiger charge is -2.34. The fourth-order valence-electron chi connectivity index (χ4n) is 3.24. The lowest BCUT2D eigenvalue weighted by atomic mass is 9.82. The highest BCUT2D eigenvalue weighted by molar-refractivity contribution is 5.33. The summed E-state index contributed by atoms with van der Waals surface area (Å²) in [5.41, 5.74) is -0.792. The van der Waals surface area contributed by atoms with Crippen LogP contribution in [0, 0.1) is 5.92 Å². The van der Waals surface area contributed by atoms with Crippen LogP contribution in [0.15, 0.2) is 6.20 Å². The quantitative estimate of drug-likeness (QED) is 0.846. The molecule has 1 atom stereocenters. The number of aryl methyl sites for hydroxylation is 1. The maximum Gasteiger partial charge on any atom is 0.434 e. The smallest absolute Gasteiger partial charge is 0.353 e. The number of nitrogens with one attached hydrogen (secondary N) is 1. The van der Waals surface area contributed by atoms with E-state index >= 15 is 0 Å². The number of hydrogen-bond donors (Lipinski definition) is 1. The highest BCUT2D eigenvalue weighted by Gasteiger charge is 2.36. The average Bonchev–Trinajstić information content (AvgIpc) is 2.82. The standard InChI is InChI=1S/C13H18F3N3/c14-13(15,16)11-8-19-7-6-10(17-12(19)18-11)9-4-2-1-3-5-9/h8-10H,1-7H2,(H,17,18). The molecule has 0 amide bonds. The minimum absolute atomic E-state index is 0.288. The van der Waals surface area contributed by atoms with Crippen LogP contribution in [0.25, 0.3) is 0 Å². The number of alkyl halides is 3. The zero-order valence-electron chi connectivity index (χ0n) is 10.7. The average molecular weight is 273 g/mol. The minimum Gasteiger partial charge on any atom is -0.353 e. The summed E-state index contributed by atoms with van der Waals surface area (Å²) in [6.45, 7) is 0.632. The molecule has 3 nitrogen and oxygen atoms in total. The van der Waals surface area contributed by atoms with E-state index in [9.17, 15) is 13.2 Å². The number of rotatable bonds is 1. The van der Waals surface area contributed by atoms with Gasteiger partial charge in [0.2, 0.25) is 5.95 Å². The van der Waals surface area contributed by atoms with Crippen molar-refractivity contribution in [1.29, 1.82) is 0 Å². The van der Waals surface area contributed by atoms with Crippen LogP contribution in [0.1, 0.15) is 44.2 Å². The molecule has 1 saturated carbocycles. The minimum atomic E-state index is -4.35. The van der Waals surface area contributed by atoms with Crippen LogP contribution >= 0.6 is 0 Å². The summed E-state index contributed by atoms with van der Waals surface area (Å²) in [4.78, 5) is 3.69. The van der Waals surface area contributed by atoms with Crippen molar-refractivity contribution in [3.63, 3.8) is 0 Å². The summed E-state index contributed by atoms with van der Waals surface area (Å²) < 4.78 is 39.5. The number of imidazole rings is 1. The summed E-state index contributed by atoms with van der Waals surface area (Å²) in [5, 5.41) is 3.21. The van der Waals surface area contributed by atoms with E-state index in [0.717, 1.165) is 12.6 Å². The van der Waals surface area contributed by atoms with Crippen LogP contribution in [0.4, 0.5) is 19.1 Å². The molecule has 0 aromatic carbocycles. The Morgan fingerprint density at radius 2 is 1.89 bits per heavy atom. The van der Waals surface area contributed by atoms with Gasteiger partial charge in [-0.15, -0.1) is 0 Å². The molecule has 1 aromatic rings. The summed E-state index contributed by atoms with van der Waals surface area (Å²) >= 11 is 0. The van der Waals surface area contributed by atoms with Crippen molar-refractivity contribution in [2.75, 3.05) is 5.32 Å². The van der Waals surface area contributed by atoms with Crippen molar-refractivity contribution in [1.82, 2.24) is 9.55 Å². The monoisotopic (exact) mass is 273 g/mol. The summed E-state index contributed by atoms with van der Waals surface area (Å²) in [7, 11) is 0. The third kappa shape index (κ3) is 2.58. The molecule has 2 aliphatic rings. The van der Waals surface area contributed by atoms with Crippen molar-refractivity contribution in [2.45, 2.75) is 57.3 Å². The molecule has 19 heavy (non-hydrogen) atoms. The number of fused-ring (bicyclic) bond motifs is 1. The highest BCUT2D eigenvalue weighted by atomic mass is 19.4. The van der Waals surface area contributed by atoms with E-state index in [0.29, 0.717) is 18.4 Å². The number of halogens is 3. The predicted octanol–water partition coefficient (Wildman–Crippen LogP) is 3.67. The Balaban J connectivity index is 1.74. The molecule has 0 bridgehead atoms. The van der Waals surface area contributed by atoms with E-state index in [4.69, 9.17) is 0 Å². The Hall–Kier alpha value is -1.20. The second kappa shape index (κ2) is 4.72. The van der Waals surface area contributed by atoms with Gasteiger partial charge >= 0.3 is 6.18 Å². The molecule has 1 N–H and O–H groups in total. The van der Waals surface area contributed by atoms with E-state index < -0.39 is 11.9 Å². The topological polar surface area (TPSA) is 29.9 Å². The maximum absolute atomic E-state index is 12.6. The first kappa shape index (κ1) is 12.8. The van der Waals surface area contributed by atoms with Crippen LogP contribution < -0.4 is 5.32 Å². The third-order valence-electron chi connectivity index (χ3n) is 4.28. The Bertz CT molecular complexity index is 446. The molecule has 0 radical (unpaired) electrons. The number of aromatic nitrogens is 2. The van der Waals surface area contributed by atoms with Crippen molar-refractivity contribution < 1.29 is 13.2 Å². The lowest BCUT2D eigenvalue weighted by Crippen LogP contribution is -2.36. The molecular formula is C13H18F3N3. The Kier molecular flexibility index (Phi) is 3.19. The van der Waals surface area contributed by atoms with Crippen LogP contribution in [0.2, 0.25) is 0 Å². The summed E-state index contributed by atoms with van der Waals surface area (Å²) in [6, 6.07) is 0.288. The van der Waals surface area contributed by atoms with Gasteiger partial charge in [0.05, 0.1) is 0 Å². The molecule has 2 heterocycles. The highest BCUT2D eigenvalue weighted by Crippen LogP contribution is 2.34. The maximum atomic E-state index is 12.6. The number of nitrogens with zero attached hydrogens (tertiary/aromatic N) is 2. The summed E-state index contributed by atoms with van der Waals surface area (Å²) in [5.74, 6) is 0.975. The van der Waals surface area contributed by atoms with Gasteiger partial charge in [-0.2, -0.15) is 13.2 Å². The predicted molar refractivity (Wildman–Crippen MR) is 65.8 cm³/mol. The van der Waals surface area contributed by atoms with Crippen molar-refractivity contribution in [2.24, 2.45) is 5.92 Å². The van der Waals surface area contributed by atoms with Crippen LogP contribution in [-0.2, 0) is 12.7 Å². The van der Waals surface area contributed by atoms with E-state index in [1.165, 1.54) is 32.1 Å². The lowest BCUT2D eigenvalue weighted by molar-refractivity contribution is -0.140. The molecule has 106 valence electrons. The van der Waals surface area contributed by atoms with Gasteiger partial charge in [-0.05, 0) is 25.2 Å². The fourth-order valence-corrected chi connectivity index (χ4v) is 3.24. The van der Waals surface area contributed by atoms with E-state index in [1.807, 2.05) is 0 Å². The molecule has 6 heteroatoms. The van der Waals surface area contributed by atoms with E-state index in [1.54, 1.807) is 4.57 Å². The molecule has 1 aliphatic carbocycles. The van der Waals surface area contributed by atoms with Gasteiger partial charge in [-0.25, -0.2) is 4.98 Å². The van der Waals surface area contributed by atoms with Gasteiger partial charge in [0.25, 0.3) is 0 Å². The van der Waals surface area contributed by atoms with Gasteiger partial charge in [0.15, 0.2) is 5.69 Å². The first-order chi connectivity index (χ1) is 9.04. The fraction of sp³-hybridized carbons (Fsp3) is 0.769. The van der Waals surface area contributed by atoms with E-state index in [-0.39, 0.29) is 6.04 Å². The summed E-state index contributed by atoms with van der Waals surface area (Å²) in [6.07, 6.45) is 3.79. The van der Waals surface area contributed by atoms with Gasteiger partial charge in [-0.1, -0.05) is 19.3 Å². The molecule has 1 unspecified atom stereocenters. The SMILES string of the molecule is FC(F)(F)c1cn2c(n1)NC(C1CCCCC1)CC2. The first-order valence-corrected chi connectivity index (χ1v) is 6.95. The Morgan fingerprint density at radius 3 is 2.58 bits per heavy atom. The molecule has 1 aromatic heterocycles. The van der Waals surface area contributed by atoms with Gasteiger partial charge < -0.3 is 9.88 Å². The van der Waals surface area contributed by atoms with Crippen molar-refractivity contribution in [3.05, 3.63) is 11.9 Å². The zero-order valence-corrected chi connectivity index (χ0v) is 10.7. The first-order valence-electron chi connectivity index (χ1n) is 6.95. The molecule has 1 fully saturated rings. The molecular weight excluding hydrogens is 255 g/mol. The molecule has 0 saturated heterocycles.